The van der Waals surface area contributed by atoms with Crippen molar-refractivity contribution in [1.29, 1.82) is 0 Å². The molecule has 3 N–H and O–H groups in total. The molecule has 0 bridgehead atoms. The summed E-state index contributed by atoms with van der Waals surface area (Å²) >= 11 is 0. The van der Waals surface area contributed by atoms with Crippen molar-refractivity contribution in [2.75, 3.05) is 32.0 Å². The number of aromatic nitrogens is 3. The summed E-state index contributed by atoms with van der Waals surface area (Å²) in [6.45, 7) is 6.17. The minimum absolute atomic E-state index is 0.103. The zero-order valence-electron chi connectivity index (χ0n) is 16.4. The lowest BCUT2D eigenvalue weighted by Gasteiger charge is -2.37. The molecule has 27 heavy (non-hydrogen) atoms. The van der Waals surface area contributed by atoms with Crippen LogP contribution in [-0.2, 0) is 4.79 Å². The van der Waals surface area contributed by atoms with Crippen molar-refractivity contribution in [2.24, 2.45) is 0 Å². The van der Waals surface area contributed by atoms with Crippen LogP contribution in [-0.4, -0.2) is 68.3 Å². The van der Waals surface area contributed by atoms with Gasteiger partial charge in [0.15, 0.2) is 5.82 Å². The van der Waals surface area contributed by atoms with Gasteiger partial charge >= 0.3 is 0 Å². The highest BCUT2D eigenvalue weighted by Crippen LogP contribution is 2.24. The number of carbonyl (C=O) groups is 1. The molecular weight excluding hydrogens is 344 g/mol. The molecule has 0 saturated carbocycles. The van der Waals surface area contributed by atoms with Crippen molar-refractivity contribution >= 4 is 17.2 Å². The number of fused-ring (bicyclic) bond motifs is 1. The number of carbonyl (C=O) groups excluding carboxylic acids is 1. The highest BCUT2D eigenvalue weighted by Gasteiger charge is 2.35. The second-order valence-electron chi connectivity index (χ2n) is 8.30. The van der Waals surface area contributed by atoms with E-state index in [1.54, 1.807) is 4.52 Å². The molecule has 8 nitrogen and oxygen atoms in total. The lowest BCUT2D eigenvalue weighted by Crippen LogP contribution is -2.52. The first-order chi connectivity index (χ1) is 12.8. The molecule has 1 aliphatic rings. The van der Waals surface area contributed by atoms with Crippen LogP contribution in [0.3, 0.4) is 0 Å². The Morgan fingerprint density at radius 1 is 1.44 bits per heavy atom. The van der Waals surface area contributed by atoms with Crippen LogP contribution >= 0.6 is 0 Å². The van der Waals surface area contributed by atoms with E-state index in [2.05, 4.69) is 25.6 Å². The Bertz CT molecular complexity index is 789. The van der Waals surface area contributed by atoms with Crippen molar-refractivity contribution in [1.82, 2.24) is 24.8 Å². The van der Waals surface area contributed by atoms with Crippen LogP contribution in [0.1, 0.15) is 39.5 Å². The fourth-order valence-electron chi connectivity index (χ4n) is 3.76. The predicted octanol–water partition coefficient (Wildman–Crippen LogP) is 1.27. The Morgan fingerprint density at radius 3 is 3.04 bits per heavy atom. The fraction of sp³-hybridized carbons (Fsp3) is 0.632. The van der Waals surface area contributed by atoms with E-state index >= 15 is 0 Å². The second-order valence-corrected chi connectivity index (χ2v) is 8.30. The van der Waals surface area contributed by atoms with Gasteiger partial charge in [0.25, 0.3) is 0 Å². The van der Waals surface area contributed by atoms with E-state index in [1.807, 2.05) is 39.2 Å². The molecule has 3 rings (SSSR count). The van der Waals surface area contributed by atoms with Crippen LogP contribution in [0.15, 0.2) is 24.7 Å². The summed E-state index contributed by atoms with van der Waals surface area (Å²) in [6.07, 6.45) is 5.86. The Morgan fingerprint density at radius 2 is 2.26 bits per heavy atom. The van der Waals surface area contributed by atoms with Gasteiger partial charge in [-0.15, -0.1) is 0 Å². The summed E-state index contributed by atoms with van der Waals surface area (Å²) in [5.41, 5.74) is -0.387. The Kier molecular flexibility index (Phi) is 5.67. The van der Waals surface area contributed by atoms with Crippen molar-refractivity contribution in [3.63, 3.8) is 0 Å². The number of nitrogens with zero attached hydrogens (tertiary/aromatic N) is 4. The van der Waals surface area contributed by atoms with Crippen LogP contribution in [0, 0.1) is 0 Å². The summed E-state index contributed by atoms with van der Waals surface area (Å²) in [4.78, 5) is 18.8. The Hall–Kier alpha value is -2.19. The molecule has 1 aliphatic heterocycles. The number of rotatable bonds is 7. The van der Waals surface area contributed by atoms with Crippen molar-refractivity contribution in [3.05, 3.63) is 24.7 Å². The van der Waals surface area contributed by atoms with Gasteiger partial charge in [-0.05, 0) is 58.8 Å². The van der Waals surface area contributed by atoms with Crippen molar-refractivity contribution < 1.29 is 9.90 Å². The molecule has 1 fully saturated rings. The Balaban J connectivity index is 1.49. The number of aliphatic hydroxyl groups is 1. The van der Waals surface area contributed by atoms with Crippen LogP contribution in [0.25, 0.3) is 5.52 Å². The lowest BCUT2D eigenvalue weighted by molar-refractivity contribution is -0.130. The number of nitrogens with one attached hydrogen (secondary N) is 2. The van der Waals surface area contributed by atoms with Gasteiger partial charge in [-0.1, -0.05) is 0 Å². The van der Waals surface area contributed by atoms with E-state index < -0.39 is 5.60 Å². The van der Waals surface area contributed by atoms with E-state index in [9.17, 15) is 9.90 Å². The van der Waals surface area contributed by atoms with E-state index in [-0.39, 0.29) is 17.9 Å². The number of anilines is 1. The predicted molar refractivity (Wildman–Crippen MR) is 105 cm³/mol. The largest absolute Gasteiger partial charge is 0.388 e. The molecule has 2 aromatic rings. The molecule has 0 spiro atoms. The first kappa shape index (κ1) is 19.6. The van der Waals surface area contributed by atoms with Crippen molar-refractivity contribution in [3.8, 4) is 0 Å². The minimum atomic E-state index is -0.924. The highest BCUT2D eigenvalue weighted by molar-refractivity contribution is 5.78. The van der Waals surface area contributed by atoms with Crippen LogP contribution in [0.4, 0.5) is 5.82 Å². The van der Waals surface area contributed by atoms with Gasteiger partial charge in [0.05, 0.1) is 12.0 Å². The molecule has 2 aromatic heterocycles. The number of piperidine rings is 1. The average molecular weight is 374 g/mol. The number of β-amino-alcohol motifs (C(OH)–C–C–N with tert-alkyl or cyclic N) is 1. The van der Waals surface area contributed by atoms with Crippen molar-refractivity contribution in [2.45, 2.75) is 50.7 Å². The lowest BCUT2D eigenvalue weighted by atomic mass is 9.89. The standard InChI is InChI=1S/C19H30N6O2/c1-18(2,23-16(26)12-19(27)7-5-10-24(3)13-19)8-9-20-17-15-6-4-11-25(15)22-14-21-17/h4,6,11,14,27H,5,7-10,12-13H2,1-3H3,(H,23,26)(H,20,21,22). The maximum Gasteiger partial charge on any atom is 0.223 e. The van der Waals surface area contributed by atoms with Gasteiger partial charge in [-0.2, -0.15) is 5.10 Å². The van der Waals surface area contributed by atoms with Gasteiger partial charge in [-0.25, -0.2) is 9.50 Å². The van der Waals surface area contributed by atoms with E-state index in [0.29, 0.717) is 19.5 Å². The SMILES string of the molecule is CN1CCCC(O)(CC(=O)NC(C)(C)CCNc2ncnn3cccc23)C1. The number of likely N-dealkylation sites (tertiary alicyclic amines) is 1. The summed E-state index contributed by atoms with van der Waals surface area (Å²) in [5, 5.41) is 21.2. The molecule has 1 saturated heterocycles. The normalized spacial score (nSPS) is 21.3. The maximum atomic E-state index is 12.5. The topological polar surface area (TPSA) is 94.8 Å². The highest BCUT2D eigenvalue weighted by atomic mass is 16.3. The van der Waals surface area contributed by atoms with E-state index in [4.69, 9.17) is 0 Å². The van der Waals surface area contributed by atoms with Crippen LogP contribution < -0.4 is 10.6 Å². The molecular formula is C19H30N6O2. The fourth-order valence-corrected chi connectivity index (χ4v) is 3.76. The summed E-state index contributed by atoms with van der Waals surface area (Å²) in [7, 11) is 1.98. The average Bonchev–Trinajstić information content (AvgIpc) is 3.02. The first-order valence-electron chi connectivity index (χ1n) is 9.51. The molecule has 3 heterocycles. The van der Waals surface area contributed by atoms with Crippen LogP contribution in [0.2, 0.25) is 0 Å². The summed E-state index contributed by atoms with van der Waals surface area (Å²) < 4.78 is 1.77. The second kappa shape index (κ2) is 7.82. The number of hydrogen-bond donors (Lipinski definition) is 3. The van der Waals surface area contributed by atoms with Gasteiger partial charge in [-0.3, -0.25) is 4.79 Å². The molecule has 1 atom stereocenters. The zero-order valence-corrected chi connectivity index (χ0v) is 16.4. The molecule has 0 aliphatic carbocycles. The monoisotopic (exact) mass is 374 g/mol. The Labute approximate surface area is 160 Å². The molecule has 0 aromatic carbocycles. The third-order valence-corrected chi connectivity index (χ3v) is 5.09. The van der Waals surface area contributed by atoms with Gasteiger partial charge < -0.3 is 20.6 Å². The smallest absolute Gasteiger partial charge is 0.223 e. The molecule has 1 unspecified atom stereocenters. The van der Waals surface area contributed by atoms with E-state index in [1.165, 1.54) is 6.33 Å². The zero-order chi connectivity index (χ0) is 19.5. The quantitative estimate of drug-likeness (QED) is 0.676. The van der Waals surface area contributed by atoms with Crippen LogP contribution in [0.5, 0.6) is 0 Å². The molecule has 0 radical (unpaired) electrons. The summed E-state index contributed by atoms with van der Waals surface area (Å²) in [6, 6.07) is 3.88. The number of likely N-dealkylation sites (N-methyl/N-ethyl adjacent to an activating group) is 1. The minimum Gasteiger partial charge on any atom is -0.388 e. The summed E-state index contributed by atoms with van der Waals surface area (Å²) in [5.74, 6) is 0.672. The first-order valence-corrected chi connectivity index (χ1v) is 9.51. The number of amides is 1. The van der Waals surface area contributed by atoms with Gasteiger partial charge in [0, 0.05) is 24.8 Å². The molecule has 148 valence electrons. The van der Waals surface area contributed by atoms with Gasteiger partial charge in [0.2, 0.25) is 5.91 Å². The molecule has 8 heteroatoms. The van der Waals surface area contributed by atoms with Gasteiger partial charge in [0.1, 0.15) is 11.8 Å². The third-order valence-electron chi connectivity index (χ3n) is 5.09. The molecule has 1 amide bonds. The third kappa shape index (κ3) is 5.17. The van der Waals surface area contributed by atoms with E-state index in [0.717, 1.165) is 30.7 Å². The maximum absolute atomic E-state index is 12.5. The number of hydrogen-bond acceptors (Lipinski definition) is 6.